The molecule has 112 valence electrons. The minimum absolute atomic E-state index is 0.00857. The van der Waals surface area contributed by atoms with Gasteiger partial charge in [0.05, 0.1) is 12.3 Å². The first-order chi connectivity index (χ1) is 9.53. The lowest BCUT2D eigenvalue weighted by molar-refractivity contribution is -0.140. The number of rotatable bonds is 8. The van der Waals surface area contributed by atoms with E-state index in [0.717, 1.165) is 12.8 Å². The number of hydrogen-bond acceptors (Lipinski definition) is 5. The van der Waals surface area contributed by atoms with Gasteiger partial charge in [0, 0.05) is 19.1 Å². The highest BCUT2D eigenvalue weighted by Crippen LogP contribution is 2.22. The molecule has 0 bridgehead atoms. The second kappa shape index (κ2) is 7.64. The molecule has 20 heavy (non-hydrogen) atoms. The van der Waals surface area contributed by atoms with Crippen LogP contribution in [-0.2, 0) is 9.53 Å². The summed E-state index contributed by atoms with van der Waals surface area (Å²) in [6.45, 7) is 3.94. The summed E-state index contributed by atoms with van der Waals surface area (Å²) in [6, 6.07) is 0.438. The Hall–Kier alpha value is -1.89. The Morgan fingerprint density at radius 2 is 2.10 bits per heavy atom. The quantitative estimate of drug-likeness (QED) is 0.748. The Bertz CT molecular complexity index is 453. The first kappa shape index (κ1) is 16.2. The van der Waals surface area contributed by atoms with Crippen molar-refractivity contribution in [1.29, 1.82) is 0 Å². The summed E-state index contributed by atoms with van der Waals surface area (Å²) in [5.41, 5.74) is 0.707. The lowest BCUT2D eigenvalue weighted by Gasteiger charge is -2.11. The number of aromatic nitrogens is 1. The molecule has 1 aromatic rings. The van der Waals surface area contributed by atoms with Crippen LogP contribution in [0.1, 0.15) is 48.9 Å². The molecule has 0 fully saturated rings. The van der Waals surface area contributed by atoms with Crippen LogP contribution in [0.5, 0.6) is 0 Å². The molecule has 0 aliphatic heterocycles. The molecule has 7 nitrogen and oxygen atoms in total. The van der Waals surface area contributed by atoms with Crippen molar-refractivity contribution in [3.63, 3.8) is 0 Å². The highest BCUT2D eigenvalue weighted by molar-refractivity contribution is 5.94. The van der Waals surface area contributed by atoms with Gasteiger partial charge in [-0.15, -0.1) is 0 Å². The monoisotopic (exact) mass is 284 g/mol. The number of ether oxygens (including phenoxy) is 1. The van der Waals surface area contributed by atoms with Crippen molar-refractivity contribution >= 4 is 11.9 Å². The molecule has 0 aromatic carbocycles. The molecule has 7 heteroatoms. The van der Waals surface area contributed by atoms with Crippen LogP contribution in [0.2, 0.25) is 0 Å². The zero-order valence-corrected chi connectivity index (χ0v) is 11.9. The number of carbonyl (C=O) groups is 2. The van der Waals surface area contributed by atoms with E-state index in [0.29, 0.717) is 5.69 Å². The molecule has 0 saturated carbocycles. The summed E-state index contributed by atoms with van der Waals surface area (Å²) >= 11 is 0. The Kier molecular flexibility index (Phi) is 6.17. The minimum atomic E-state index is -1.17. The molecule has 1 unspecified atom stereocenters. The molecule has 2 N–H and O–H groups in total. The second-order valence-corrected chi connectivity index (χ2v) is 4.45. The highest BCUT2D eigenvalue weighted by atomic mass is 16.5. The van der Waals surface area contributed by atoms with Crippen molar-refractivity contribution in [3.8, 4) is 0 Å². The maximum atomic E-state index is 11.9. The van der Waals surface area contributed by atoms with E-state index < -0.39 is 17.9 Å². The molecule has 1 rings (SSSR count). The number of carboxylic acids is 1. The first-order valence-electron chi connectivity index (χ1n) is 6.52. The molecular weight excluding hydrogens is 264 g/mol. The van der Waals surface area contributed by atoms with Gasteiger partial charge in [-0.2, -0.15) is 0 Å². The number of nitrogens with one attached hydrogen (secondary N) is 1. The average molecular weight is 284 g/mol. The van der Waals surface area contributed by atoms with Crippen LogP contribution in [-0.4, -0.2) is 41.9 Å². The number of amides is 1. The largest absolute Gasteiger partial charge is 0.480 e. The second-order valence-electron chi connectivity index (χ2n) is 4.45. The van der Waals surface area contributed by atoms with E-state index in [1.54, 1.807) is 6.07 Å². The van der Waals surface area contributed by atoms with Crippen LogP contribution in [0.3, 0.4) is 0 Å². The number of hydrogen-bond donors (Lipinski definition) is 2. The standard InChI is InChI=1S/C13H20N2O5/c1-4-8(5-2)9-6-11(20-15-9)12(16)14-10(7-19-3)13(17)18/h6,8,10H,4-5,7H2,1-3H3,(H,14,16)(H,17,18). The Balaban J connectivity index is 2.75. The van der Waals surface area contributed by atoms with Crippen LogP contribution in [0.4, 0.5) is 0 Å². The Labute approximate surface area is 117 Å². The van der Waals surface area contributed by atoms with Crippen molar-refractivity contribution in [3.05, 3.63) is 17.5 Å². The summed E-state index contributed by atoms with van der Waals surface area (Å²) in [6.07, 6.45) is 1.79. The molecule has 0 aliphatic carbocycles. The molecular formula is C13H20N2O5. The molecule has 0 radical (unpaired) electrons. The smallest absolute Gasteiger partial charge is 0.328 e. The van der Waals surface area contributed by atoms with Crippen LogP contribution in [0.25, 0.3) is 0 Å². The van der Waals surface area contributed by atoms with Crippen LogP contribution >= 0.6 is 0 Å². The predicted octanol–water partition coefficient (Wildman–Crippen LogP) is 1.41. The minimum Gasteiger partial charge on any atom is -0.480 e. The van der Waals surface area contributed by atoms with Gasteiger partial charge in [-0.3, -0.25) is 4.79 Å². The number of carboxylic acid groups (broad SMARTS) is 1. The average Bonchev–Trinajstić information content (AvgIpc) is 2.89. The summed E-state index contributed by atoms with van der Waals surface area (Å²) < 4.78 is 9.71. The fourth-order valence-electron chi connectivity index (χ4n) is 1.87. The van der Waals surface area contributed by atoms with Gasteiger partial charge < -0.3 is 19.7 Å². The van der Waals surface area contributed by atoms with Crippen LogP contribution in [0, 0.1) is 0 Å². The van der Waals surface area contributed by atoms with E-state index in [4.69, 9.17) is 14.4 Å². The number of carbonyl (C=O) groups excluding carboxylic acids is 1. The fraction of sp³-hybridized carbons (Fsp3) is 0.615. The fourth-order valence-corrected chi connectivity index (χ4v) is 1.87. The first-order valence-corrected chi connectivity index (χ1v) is 6.52. The predicted molar refractivity (Wildman–Crippen MR) is 70.6 cm³/mol. The lowest BCUT2D eigenvalue weighted by Crippen LogP contribution is -2.43. The Morgan fingerprint density at radius 1 is 1.45 bits per heavy atom. The third kappa shape index (κ3) is 4.06. The zero-order valence-electron chi connectivity index (χ0n) is 11.9. The van der Waals surface area contributed by atoms with Gasteiger partial charge in [-0.1, -0.05) is 19.0 Å². The normalized spacial score (nSPS) is 12.4. The van der Waals surface area contributed by atoms with E-state index in [1.807, 2.05) is 13.8 Å². The van der Waals surface area contributed by atoms with Crippen molar-refractivity contribution in [2.24, 2.45) is 0 Å². The van der Waals surface area contributed by atoms with Crippen molar-refractivity contribution in [2.75, 3.05) is 13.7 Å². The van der Waals surface area contributed by atoms with Crippen LogP contribution < -0.4 is 5.32 Å². The van der Waals surface area contributed by atoms with E-state index in [1.165, 1.54) is 7.11 Å². The summed E-state index contributed by atoms with van der Waals surface area (Å²) in [4.78, 5) is 22.8. The maximum absolute atomic E-state index is 11.9. The number of methoxy groups -OCH3 is 1. The van der Waals surface area contributed by atoms with Gasteiger partial charge in [0.25, 0.3) is 5.91 Å². The molecule has 0 saturated heterocycles. The molecule has 1 aromatic heterocycles. The van der Waals surface area contributed by atoms with Gasteiger partial charge in [0.15, 0.2) is 6.04 Å². The van der Waals surface area contributed by atoms with Crippen molar-refractivity contribution in [2.45, 2.75) is 38.6 Å². The summed E-state index contributed by atoms with van der Waals surface area (Å²) in [5, 5.41) is 15.1. The van der Waals surface area contributed by atoms with E-state index in [9.17, 15) is 9.59 Å². The molecule has 1 atom stereocenters. The SMILES string of the molecule is CCC(CC)c1cc(C(=O)NC(COC)C(=O)O)on1. The molecule has 0 aliphatic rings. The van der Waals surface area contributed by atoms with E-state index in [2.05, 4.69) is 10.5 Å². The van der Waals surface area contributed by atoms with Crippen LogP contribution in [0.15, 0.2) is 10.6 Å². The van der Waals surface area contributed by atoms with Gasteiger partial charge in [0.2, 0.25) is 5.76 Å². The van der Waals surface area contributed by atoms with Gasteiger partial charge >= 0.3 is 5.97 Å². The highest BCUT2D eigenvalue weighted by Gasteiger charge is 2.23. The van der Waals surface area contributed by atoms with Gasteiger partial charge in [-0.25, -0.2) is 4.79 Å². The molecule has 1 heterocycles. The summed E-state index contributed by atoms with van der Waals surface area (Å²) in [5.74, 6) is -1.54. The third-order valence-electron chi connectivity index (χ3n) is 3.09. The maximum Gasteiger partial charge on any atom is 0.328 e. The number of nitrogens with zero attached hydrogens (tertiary/aromatic N) is 1. The molecule has 1 amide bonds. The van der Waals surface area contributed by atoms with E-state index in [-0.39, 0.29) is 18.3 Å². The molecule has 0 spiro atoms. The van der Waals surface area contributed by atoms with Gasteiger partial charge in [-0.05, 0) is 12.8 Å². The van der Waals surface area contributed by atoms with Crippen molar-refractivity contribution in [1.82, 2.24) is 10.5 Å². The Morgan fingerprint density at radius 3 is 2.60 bits per heavy atom. The third-order valence-corrected chi connectivity index (χ3v) is 3.09. The summed E-state index contributed by atoms with van der Waals surface area (Å²) in [7, 11) is 1.36. The van der Waals surface area contributed by atoms with Gasteiger partial charge in [0.1, 0.15) is 0 Å². The van der Waals surface area contributed by atoms with E-state index >= 15 is 0 Å². The van der Waals surface area contributed by atoms with Crippen molar-refractivity contribution < 1.29 is 24.0 Å². The zero-order chi connectivity index (χ0) is 15.1. The lowest BCUT2D eigenvalue weighted by atomic mass is 9.99. The topological polar surface area (TPSA) is 102 Å². The number of aliphatic carboxylic acids is 1.